The van der Waals surface area contributed by atoms with Crippen molar-refractivity contribution in [1.29, 1.82) is 0 Å². The number of nitrogens with zero attached hydrogens (tertiary/aromatic N) is 3. The van der Waals surface area contributed by atoms with Crippen molar-refractivity contribution in [1.82, 2.24) is 19.7 Å². The summed E-state index contributed by atoms with van der Waals surface area (Å²) in [5, 5.41) is 7.38. The molecular weight excluding hydrogens is 298 g/mol. The Morgan fingerprint density at radius 1 is 1.32 bits per heavy atom. The molecule has 4 rings (SSSR count). The van der Waals surface area contributed by atoms with Crippen molar-refractivity contribution in [2.45, 2.75) is 13.0 Å². The number of nitrogens with one attached hydrogen (secondary N) is 2. The van der Waals surface area contributed by atoms with E-state index in [1.54, 1.807) is 0 Å². The van der Waals surface area contributed by atoms with E-state index in [4.69, 9.17) is 16.6 Å². The highest BCUT2D eigenvalue weighted by Gasteiger charge is 2.17. The number of imidazole rings is 1. The van der Waals surface area contributed by atoms with E-state index < -0.39 is 0 Å². The van der Waals surface area contributed by atoms with Gasteiger partial charge in [-0.05, 0) is 36.8 Å². The fourth-order valence-corrected chi connectivity index (χ4v) is 2.78. The van der Waals surface area contributed by atoms with Gasteiger partial charge in [0, 0.05) is 19.3 Å². The molecule has 1 fully saturated rings. The monoisotopic (exact) mass is 313 g/mol. The van der Waals surface area contributed by atoms with Crippen LogP contribution in [0.4, 0.5) is 5.82 Å². The zero-order valence-corrected chi connectivity index (χ0v) is 12.9. The number of pyridine rings is 2. The molecule has 112 valence electrons. The van der Waals surface area contributed by atoms with Crippen molar-refractivity contribution >= 4 is 23.1 Å². The van der Waals surface area contributed by atoms with E-state index in [0.29, 0.717) is 11.1 Å². The molecule has 0 bridgehead atoms. The predicted molar refractivity (Wildman–Crippen MR) is 88.5 cm³/mol. The number of rotatable bonds is 3. The van der Waals surface area contributed by atoms with E-state index in [1.807, 2.05) is 28.9 Å². The number of aryl methyl sites for hydroxylation is 1. The molecule has 6 heteroatoms. The SMILES string of the molecule is Cc1cc(NC2CNC2)nc(-c2cnc3ccc(Cl)cn23)c1. The fourth-order valence-electron chi connectivity index (χ4n) is 2.62. The summed E-state index contributed by atoms with van der Waals surface area (Å²) in [4.78, 5) is 9.15. The Kier molecular flexibility index (Phi) is 3.24. The largest absolute Gasteiger partial charge is 0.365 e. The van der Waals surface area contributed by atoms with E-state index >= 15 is 0 Å². The highest BCUT2D eigenvalue weighted by molar-refractivity contribution is 6.30. The van der Waals surface area contributed by atoms with Crippen molar-refractivity contribution in [3.63, 3.8) is 0 Å². The van der Waals surface area contributed by atoms with Crippen molar-refractivity contribution in [3.8, 4) is 11.4 Å². The minimum Gasteiger partial charge on any atom is -0.365 e. The smallest absolute Gasteiger partial charge is 0.137 e. The van der Waals surface area contributed by atoms with Crippen LogP contribution in [0, 0.1) is 6.92 Å². The molecule has 22 heavy (non-hydrogen) atoms. The van der Waals surface area contributed by atoms with Crippen LogP contribution in [0.5, 0.6) is 0 Å². The number of hydrogen-bond donors (Lipinski definition) is 2. The average molecular weight is 314 g/mol. The number of halogens is 1. The standard InChI is InChI=1S/C16H16ClN5/c1-10-4-13(21-15(5-10)20-12-6-18-7-12)14-8-19-16-3-2-11(17)9-22(14)16/h2-5,8-9,12,18H,6-7H2,1H3,(H,20,21). The Hall–Kier alpha value is -2.11. The summed E-state index contributed by atoms with van der Waals surface area (Å²) < 4.78 is 1.97. The molecule has 1 aliphatic heterocycles. The van der Waals surface area contributed by atoms with Gasteiger partial charge in [0.2, 0.25) is 0 Å². The second-order valence-electron chi connectivity index (χ2n) is 5.63. The average Bonchev–Trinajstić information content (AvgIpc) is 2.85. The van der Waals surface area contributed by atoms with Gasteiger partial charge in [-0.15, -0.1) is 0 Å². The molecule has 0 aromatic carbocycles. The Labute approximate surface area is 133 Å². The van der Waals surface area contributed by atoms with Crippen LogP contribution in [-0.2, 0) is 0 Å². The second kappa shape index (κ2) is 5.26. The first-order valence-electron chi connectivity index (χ1n) is 7.28. The lowest BCUT2D eigenvalue weighted by Crippen LogP contribution is -2.51. The van der Waals surface area contributed by atoms with Crippen molar-refractivity contribution in [2.24, 2.45) is 0 Å². The van der Waals surface area contributed by atoms with Crippen molar-refractivity contribution in [2.75, 3.05) is 18.4 Å². The summed E-state index contributed by atoms with van der Waals surface area (Å²) in [6, 6.07) is 8.33. The Morgan fingerprint density at radius 3 is 2.95 bits per heavy atom. The third kappa shape index (κ3) is 2.42. The number of anilines is 1. The summed E-state index contributed by atoms with van der Waals surface area (Å²) in [5.74, 6) is 0.901. The third-order valence-electron chi connectivity index (χ3n) is 3.84. The molecule has 3 aromatic heterocycles. The van der Waals surface area contributed by atoms with E-state index in [2.05, 4.69) is 34.7 Å². The maximum Gasteiger partial charge on any atom is 0.137 e. The summed E-state index contributed by atoms with van der Waals surface area (Å²) in [6.07, 6.45) is 3.70. The normalized spacial score (nSPS) is 15.0. The van der Waals surface area contributed by atoms with Crippen LogP contribution in [0.25, 0.3) is 17.0 Å². The lowest BCUT2D eigenvalue weighted by Gasteiger charge is -2.28. The molecule has 0 atom stereocenters. The highest BCUT2D eigenvalue weighted by Crippen LogP contribution is 2.24. The van der Waals surface area contributed by atoms with Crippen molar-refractivity contribution in [3.05, 3.63) is 47.2 Å². The summed E-state index contributed by atoms with van der Waals surface area (Å²) >= 11 is 6.10. The fraction of sp³-hybridized carbons (Fsp3) is 0.250. The molecule has 0 amide bonds. The van der Waals surface area contributed by atoms with E-state index in [-0.39, 0.29) is 0 Å². The number of aromatic nitrogens is 3. The molecular formula is C16H16ClN5. The summed E-state index contributed by atoms with van der Waals surface area (Å²) in [6.45, 7) is 4.04. The van der Waals surface area contributed by atoms with E-state index in [1.165, 1.54) is 0 Å². The van der Waals surface area contributed by atoms with Crippen LogP contribution in [0.15, 0.2) is 36.7 Å². The van der Waals surface area contributed by atoms with Crippen LogP contribution in [0.3, 0.4) is 0 Å². The molecule has 0 saturated carbocycles. The first-order valence-corrected chi connectivity index (χ1v) is 7.66. The van der Waals surface area contributed by atoms with Gasteiger partial charge in [-0.25, -0.2) is 9.97 Å². The van der Waals surface area contributed by atoms with E-state index in [0.717, 1.165) is 41.5 Å². The van der Waals surface area contributed by atoms with Crippen LogP contribution in [-0.4, -0.2) is 33.5 Å². The molecule has 4 heterocycles. The van der Waals surface area contributed by atoms with Gasteiger partial charge in [-0.1, -0.05) is 11.6 Å². The molecule has 2 N–H and O–H groups in total. The molecule has 0 spiro atoms. The molecule has 1 saturated heterocycles. The van der Waals surface area contributed by atoms with Crippen LogP contribution < -0.4 is 10.6 Å². The first-order chi connectivity index (χ1) is 10.7. The maximum atomic E-state index is 6.10. The van der Waals surface area contributed by atoms with Gasteiger partial charge in [0.05, 0.1) is 28.6 Å². The summed E-state index contributed by atoms with van der Waals surface area (Å²) in [7, 11) is 0. The number of fused-ring (bicyclic) bond motifs is 1. The molecule has 5 nitrogen and oxygen atoms in total. The number of hydrogen-bond acceptors (Lipinski definition) is 4. The lowest BCUT2D eigenvalue weighted by atomic mass is 10.1. The minimum atomic E-state index is 0.457. The topological polar surface area (TPSA) is 54.2 Å². The van der Waals surface area contributed by atoms with Gasteiger partial charge in [0.1, 0.15) is 11.5 Å². The second-order valence-corrected chi connectivity index (χ2v) is 6.07. The van der Waals surface area contributed by atoms with Gasteiger partial charge in [0.15, 0.2) is 0 Å². The van der Waals surface area contributed by atoms with Gasteiger partial charge < -0.3 is 10.6 Å². The van der Waals surface area contributed by atoms with Gasteiger partial charge >= 0.3 is 0 Å². The van der Waals surface area contributed by atoms with E-state index in [9.17, 15) is 0 Å². The molecule has 0 aliphatic carbocycles. The third-order valence-corrected chi connectivity index (χ3v) is 4.06. The van der Waals surface area contributed by atoms with Crippen LogP contribution in [0.1, 0.15) is 5.56 Å². The zero-order valence-electron chi connectivity index (χ0n) is 12.2. The predicted octanol–water partition coefficient (Wildman–Crippen LogP) is 2.74. The Balaban J connectivity index is 1.78. The molecule has 1 aliphatic rings. The first kappa shape index (κ1) is 13.5. The molecule has 0 unspecified atom stereocenters. The zero-order chi connectivity index (χ0) is 15.1. The van der Waals surface area contributed by atoms with Crippen molar-refractivity contribution < 1.29 is 0 Å². The maximum absolute atomic E-state index is 6.10. The van der Waals surface area contributed by atoms with Crippen LogP contribution in [0.2, 0.25) is 5.02 Å². The summed E-state index contributed by atoms with van der Waals surface area (Å²) in [5.41, 5.74) is 3.86. The lowest BCUT2D eigenvalue weighted by molar-refractivity contribution is 0.471. The quantitative estimate of drug-likeness (QED) is 0.780. The van der Waals surface area contributed by atoms with Gasteiger partial charge in [0.25, 0.3) is 0 Å². The Bertz CT molecular complexity index is 838. The van der Waals surface area contributed by atoms with Gasteiger partial charge in [-0.3, -0.25) is 4.40 Å². The highest BCUT2D eigenvalue weighted by atomic mass is 35.5. The minimum absolute atomic E-state index is 0.457. The van der Waals surface area contributed by atoms with Gasteiger partial charge in [-0.2, -0.15) is 0 Å². The molecule has 0 radical (unpaired) electrons. The Morgan fingerprint density at radius 2 is 2.18 bits per heavy atom. The van der Waals surface area contributed by atoms with Crippen LogP contribution >= 0.6 is 11.6 Å². The molecule has 3 aromatic rings.